The maximum absolute atomic E-state index is 11.0. The molecule has 4 aromatic rings. The SMILES string of the molecule is Cc1nc2sc3c(c2c(-c2c(C)[nH]c4ccccc24)c1CCCCC(=O)O)CCCC3. The Morgan fingerprint density at radius 2 is 1.94 bits per heavy atom. The van der Waals surface area contributed by atoms with E-state index in [9.17, 15) is 4.79 Å². The number of para-hydroxylation sites is 1. The molecule has 0 bridgehead atoms. The molecule has 1 aliphatic carbocycles. The van der Waals surface area contributed by atoms with Crippen molar-refractivity contribution in [2.75, 3.05) is 0 Å². The second-order valence-electron chi connectivity index (χ2n) is 8.71. The zero-order valence-corrected chi connectivity index (χ0v) is 19.0. The number of benzene rings is 1. The summed E-state index contributed by atoms with van der Waals surface area (Å²) in [5, 5.41) is 11.7. The van der Waals surface area contributed by atoms with Gasteiger partial charge in [-0.15, -0.1) is 11.3 Å². The van der Waals surface area contributed by atoms with Gasteiger partial charge in [-0.1, -0.05) is 18.2 Å². The van der Waals surface area contributed by atoms with Gasteiger partial charge in [-0.25, -0.2) is 4.98 Å². The molecular weight excluding hydrogens is 404 g/mol. The number of hydrogen-bond acceptors (Lipinski definition) is 3. The number of unbranched alkanes of at least 4 members (excludes halogenated alkanes) is 1. The van der Waals surface area contributed by atoms with Crippen LogP contribution in [0.1, 0.15) is 59.5 Å². The Morgan fingerprint density at radius 3 is 2.77 bits per heavy atom. The lowest BCUT2D eigenvalue weighted by Gasteiger charge is -2.17. The highest BCUT2D eigenvalue weighted by Gasteiger charge is 2.25. The van der Waals surface area contributed by atoms with Crippen LogP contribution in [0.2, 0.25) is 0 Å². The highest BCUT2D eigenvalue weighted by Crippen LogP contribution is 2.46. The first-order valence-corrected chi connectivity index (χ1v) is 12.1. The van der Waals surface area contributed by atoms with E-state index in [1.54, 1.807) is 0 Å². The minimum Gasteiger partial charge on any atom is -0.481 e. The highest BCUT2D eigenvalue weighted by molar-refractivity contribution is 7.19. The third-order valence-corrected chi connectivity index (χ3v) is 7.81. The summed E-state index contributed by atoms with van der Waals surface area (Å²) in [6.07, 6.45) is 7.45. The minimum atomic E-state index is -0.718. The molecule has 0 saturated heterocycles. The Bertz CT molecular complexity index is 1300. The maximum Gasteiger partial charge on any atom is 0.303 e. The number of nitrogens with zero attached hydrogens (tertiary/aromatic N) is 1. The molecule has 3 aromatic heterocycles. The molecule has 1 aromatic carbocycles. The molecule has 0 fully saturated rings. The van der Waals surface area contributed by atoms with Crippen LogP contribution in [-0.2, 0) is 24.1 Å². The summed E-state index contributed by atoms with van der Waals surface area (Å²) >= 11 is 1.88. The smallest absolute Gasteiger partial charge is 0.303 e. The van der Waals surface area contributed by atoms with Crippen LogP contribution in [0.3, 0.4) is 0 Å². The van der Waals surface area contributed by atoms with Crippen molar-refractivity contribution in [3.8, 4) is 11.1 Å². The average Bonchev–Trinajstić information content (AvgIpc) is 3.27. The van der Waals surface area contributed by atoms with Gasteiger partial charge in [-0.2, -0.15) is 0 Å². The molecule has 3 heterocycles. The van der Waals surface area contributed by atoms with Crippen LogP contribution in [0.4, 0.5) is 0 Å². The number of pyridine rings is 1. The quantitative estimate of drug-likeness (QED) is 0.332. The third kappa shape index (κ3) is 3.55. The van der Waals surface area contributed by atoms with E-state index >= 15 is 0 Å². The lowest BCUT2D eigenvalue weighted by atomic mass is 9.87. The van der Waals surface area contributed by atoms with E-state index in [1.807, 2.05) is 11.3 Å². The van der Waals surface area contributed by atoms with Gasteiger partial charge in [0, 0.05) is 44.5 Å². The van der Waals surface area contributed by atoms with E-state index in [0.29, 0.717) is 6.42 Å². The molecule has 160 valence electrons. The first-order chi connectivity index (χ1) is 15.0. The predicted molar refractivity (Wildman–Crippen MR) is 128 cm³/mol. The fourth-order valence-electron chi connectivity index (χ4n) is 5.20. The Balaban J connectivity index is 1.76. The van der Waals surface area contributed by atoms with Crippen LogP contribution in [0.25, 0.3) is 32.2 Å². The van der Waals surface area contributed by atoms with E-state index in [1.165, 1.54) is 66.8 Å². The van der Waals surface area contributed by atoms with Gasteiger partial charge in [-0.05, 0) is 81.5 Å². The van der Waals surface area contributed by atoms with Gasteiger partial charge >= 0.3 is 5.97 Å². The van der Waals surface area contributed by atoms with E-state index in [2.05, 4.69) is 43.1 Å². The summed E-state index contributed by atoms with van der Waals surface area (Å²) in [6.45, 7) is 4.29. The number of carboxylic acids is 1. The van der Waals surface area contributed by atoms with Crippen molar-refractivity contribution in [2.45, 2.75) is 65.2 Å². The predicted octanol–water partition coefficient (Wildman–Crippen LogP) is 6.74. The Kier molecular flexibility index (Phi) is 5.30. The number of carbonyl (C=O) groups is 1. The van der Waals surface area contributed by atoms with Gasteiger partial charge in [0.05, 0.1) is 0 Å². The Hall–Kier alpha value is -2.66. The van der Waals surface area contributed by atoms with Crippen molar-refractivity contribution in [3.63, 3.8) is 0 Å². The largest absolute Gasteiger partial charge is 0.481 e. The molecular formula is C26H28N2O2S. The number of nitrogens with one attached hydrogen (secondary N) is 1. The van der Waals surface area contributed by atoms with Gasteiger partial charge < -0.3 is 10.1 Å². The van der Waals surface area contributed by atoms with Gasteiger partial charge in [0.2, 0.25) is 0 Å². The van der Waals surface area contributed by atoms with Crippen LogP contribution in [0.15, 0.2) is 24.3 Å². The fraction of sp³-hybridized carbons (Fsp3) is 0.385. The summed E-state index contributed by atoms with van der Waals surface area (Å²) in [5.41, 5.74) is 8.87. The molecule has 0 aliphatic heterocycles. The number of fused-ring (bicyclic) bond motifs is 4. The van der Waals surface area contributed by atoms with E-state index < -0.39 is 5.97 Å². The van der Waals surface area contributed by atoms with Crippen molar-refractivity contribution in [1.29, 1.82) is 0 Å². The number of aryl methyl sites for hydroxylation is 4. The van der Waals surface area contributed by atoms with Gasteiger partial charge in [0.15, 0.2) is 0 Å². The van der Waals surface area contributed by atoms with Gasteiger partial charge in [-0.3, -0.25) is 4.79 Å². The first kappa shape index (κ1) is 20.3. The maximum atomic E-state index is 11.0. The number of aliphatic carboxylic acids is 1. The minimum absolute atomic E-state index is 0.226. The third-order valence-electron chi connectivity index (χ3n) is 6.62. The topological polar surface area (TPSA) is 66.0 Å². The van der Waals surface area contributed by atoms with Gasteiger partial charge in [0.25, 0.3) is 0 Å². The number of thiophene rings is 1. The lowest BCUT2D eigenvalue weighted by molar-refractivity contribution is -0.137. The second-order valence-corrected chi connectivity index (χ2v) is 9.80. The van der Waals surface area contributed by atoms with Crippen LogP contribution in [0, 0.1) is 13.8 Å². The zero-order valence-electron chi connectivity index (χ0n) is 18.2. The van der Waals surface area contributed by atoms with Crippen LogP contribution in [-0.4, -0.2) is 21.0 Å². The molecule has 5 heteroatoms. The van der Waals surface area contributed by atoms with E-state index in [0.717, 1.165) is 31.4 Å². The molecule has 31 heavy (non-hydrogen) atoms. The first-order valence-electron chi connectivity index (χ1n) is 11.3. The summed E-state index contributed by atoms with van der Waals surface area (Å²) in [7, 11) is 0. The molecule has 0 atom stereocenters. The molecule has 0 radical (unpaired) electrons. The molecule has 0 spiro atoms. The molecule has 2 N–H and O–H groups in total. The van der Waals surface area contributed by atoms with E-state index in [4.69, 9.17) is 10.1 Å². The number of carboxylic acid groups (broad SMARTS) is 1. The molecule has 4 nitrogen and oxygen atoms in total. The number of rotatable bonds is 6. The van der Waals surface area contributed by atoms with Crippen LogP contribution in [0.5, 0.6) is 0 Å². The van der Waals surface area contributed by atoms with Crippen molar-refractivity contribution >= 4 is 38.4 Å². The number of aromatic amines is 1. The van der Waals surface area contributed by atoms with Crippen molar-refractivity contribution in [1.82, 2.24) is 9.97 Å². The Labute approximate surface area is 186 Å². The second kappa shape index (κ2) is 8.12. The number of H-pyrrole nitrogens is 1. The molecule has 0 unspecified atom stereocenters. The average molecular weight is 433 g/mol. The molecule has 5 rings (SSSR count). The highest BCUT2D eigenvalue weighted by atomic mass is 32.1. The van der Waals surface area contributed by atoms with Crippen molar-refractivity contribution in [2.24, 2.45) is 0 Å². The standard InChI is InChI=1S/C26H28N2O2S/c1-15-17(9-5-8-14-22(29)30)24(23-16(2)27-20-12-6-3-10-18(20)23)25-19-11-4-7-13-21(19)31-26(25)28-15/h3,6,10,12,27H,4-5,7-9,11,13-14H2,1-2H3,(H,29,30). The van der Waals surface area contributed by atoms with E-state index in [-0.39, 0.29) is 6.42 Å². The number of aromatic nitrogens is 2. The van der Waals surface area contributed by atoms with Crippen molar-refractivity contribution in [3.05, 3.63) is 51.7 Å². The molecule has 0 amide bonds. The summed E-state index contributed by atoms with van der Waals surface area (Å²) in [4.78, 5) is 22.3. The monoisotopic (exact) mass is 432 g/mol. The Morgan fingerprint density at radius 1 is 1.13 bits per heavy atom. The lowest BCUT2D eigenvalue weighted by Crippen LogP contribution is -2.03. The normalized spacial score (nSPS) is 13.7. The van der Waals surface area contributed by atoms with Gasteiger partial charge in [0.1, 0.15) is 4.83 Å². The summed E-state index contributed by atoms with van der Waals surface area (Å²) in [5.74, 6) is -0.718. The summed E-state index contributed by atoms with van der Waals surface area (Å²) in [6, 6.07) is 8.55. The fourth-order valence-corrected chi connectivity index (χ4v) is 6.52. The van der Waals surface area contributed by atoms with Crippen LogP contribution >= 0.6 is 11.3 Å². The zero-order chi connectivity index (χ0) is 21.5. The molecule has 0 saturated carbocycles. The molecule has 1 aliphatic rings. The summed E-state index contributed by atoms with van der Waals surface area (Å²) < 4.78 is 0. The number of hydrogen-bond donors (Lipinski definition) is 2. The van der Waals surface area contributed by atoms with Crippen LogP contribution < -0.4 is 0 Å². The van der Waals surface area contributed by atoms with Crippen molar-refractivity contribution < 1.29 is 9.90 Å².